The lowest BCUT2D eigenvalue weighted by atomic mass is 10.2. The van der Waals surface area contributed by atoms with Gasteiger partial charge in [0.25, 0.3) is 0 Å². The molecule has 170 valence electrons. The second-order valence-electron chi connectivity index (χ2n) is 6.78. The minimum Gasteiger partial charge on any atom is -0.497 e. The SMILES string of the molecule is CCn1c(SCC(=O)Nc2nc(-c3ccc(Cl)cc3Cl)cs2)nnc1-c1cccc(OC)c1. The fourth-order valence-electron chi connectivity index (χ4n) is 3.09. The molecule has 11 heteroatoms. The molecular weight excluding hydrogens is 501 g/mol. The number of rotatable bonds is 8. The van der Waals surface area contributed by atoms with Crippen LogP contribution in [0.3, 0.4) is 0 Å². The van der Waals surface area contributed by atoms with Gasteiger partial charge in [-0.2, -0.15) is 0 Å². The third-order valence-corrected chi connectivity index (χ3v) is 6.92. The van der Waals surface area contributed by atoms with Crippen molar-refractivity contribution in [2.75, 3.05) is 18.2 Å². The van der Waals surface area contributed by atoms with E-state index in [-0.39, 0.29) is 11.7 Å². The number of carbonyl (C=O) groups is 1. The summed E-state index contributed by atoms with van der Waals surface area (Å²) >= 11 is 14.9. The molecule has 1 N–H and O–H groups in total. The number of aromatic nitrogens is 4. The highest BCUT2D eigenvalue weighted by Gasteiger charge is 2.16. The van der Waals surface area contributed by atoms with Crippen molar-refractivity contribution >= 4 is 57.3 Å². The third kappa shape index (κ3) is 5.50. The molecule has 0 atom stereocenters. The molecule has 0 radical (unpaired) electrons. The lowest BCUT2D eigenvalue weighted by Gasteiger charge is -2.08. The number of ether oxygens (including phenoxy) is 1. The molecule has 1 amide bonds. The van der Waals surface area contributed by atoms with Crippen LogP contribution in [0, 0.1) is 0 Å². The minimum absolute atomic E-state index is 0.173. The standard InChI is InChI=1S/C22H19Cl2N5O2S2/c1-3-29-20(13-5-4-6-15(9-13)31-2)27-28-22(29)33-12-19(30)26-21-25-18(11-32-21)16-8-7-14(23)10-17(16)24/h4-11H,3,12H2,1-2H3,(H,25,26,30). The number of methoxy groups -OCH3 is 1. The zero-order valence-electron chi connectivity index (χ0n) is 17.7. The number of nitrogens with zero attached hydrogens (tertiary/aromatic N) is 4. The Balaban J connectivity index is 1.41. The van der Waals surface area contributed by atoms with Crippen molar-refractivity contribution in [3.05, 3.63) is 57.9 Å². The van der Waals surface area contributed by atoms with E-state index < -0.39 is 0 Å². The second kappa shape index (κ2) is 10.6. The number of carbonyl (C=O) groups excluding carboxylic acids is 1. The van der Waals surface area contributed by atoms with Gasteiger partial charge in [0.05, 0.1) is 23.6 Å². The number of benzene rings is 2. The van der Waals surface area contributed by atoms with Crippen molar-refractivity contribution < 1.29 is 9.53 Å². The molecule has 4 aromatic rings. The van der Waals surface area contributed by atoms with Gasteiger partial charge in [0, 0.05) is 28.1 Å². The molecule has 0 saturated heterocycles. The average Bonchev–Trinajstić information content (AvgIpc) is 3.44. The molecule has 0 aliphatic carbocycles. The maximum atomic E-state index is 12.5. The molecule has 0 aliphatic heterocycles. The van der Waals surface area contributed by atoms with E-state index in [1.165, 1.54) is 23.1 Å². The number of hydrogen-bond acceptors (Lipinski definition) is 7. The van der Waals surface area contributed by atoms with Crippen molar-refractivity contribution in [1.82, 2.24) is 19.7 Å². The molecule has 2 aromatic heterocycles. The van der Waals surface area contributed by atoms with Crippen molar-refractivity contribution in [1.29, 1.82) is 0 Å². The van der Waals surface area contributed by atoms with E-state index in [2.05, 4.69) is 20.5 Å². The Morgan fingerprint density at radius 3 is 2.82 bits per heavy atom. The lowest BCUT2D eigenvalue weighted by molar-refractivity contribution is -0.113. The molecule has 0 bridgehead atoms. The summed E-state index contributed by atoms with van der Waals surface area (Å²) < 4.78 is 7.27. The largest absolute Gasteiger partial charge is 0.497 e. The van der Waals surface area contributed by atoms with Crippen LogP contribution < -0.4 is 10.1 Å². The number of hydrogen-bond donors (Lipinski definition) is 1. The molecular formula is C22H19Cl2N5O2S2. The monoisotopic (exact) mass is 519 g/mol. The molecule has 2 heterocycles. The zero-order valence-corrected chi connectivity index (χ0v) is 20.9. The Morgan fingerprint density at radius 1 is 1.21 bits per heavy atom. The Hall–Kier alpha value is -2.59. The van der Waals surface area contributed by atoms with Crippen LogP contribution in [0.1, 0.15) is 6.92 Å². The Labute approximate surface area is 209 Å². The van der Waals surface area contributed by atoms with Crippen LogP contribution in [0.5, 0.6) is 5.75 Å². The summed E-state index contributed by atoms with van der Waals surface area (Å²) in [5, 5.41) is 15.5. The van der Waals surface area contributed by atoms with Crippen molar-refractivity contribution in [3.8, 4) is 28.4 Å². The highest BCUT2D eigenvalue weighted by atomic mass is 35.5. The van der Waals surface area contributed by atoms with E-state index >= 15 is 0 Å². The van der Waals surface area contributed by atoms with Gasteiger partial charge in [0.15, 0.2) is 16.1 Å². The van der Waals surface area contributed by atoms with Crippen molar-refractivity contribution in [2.45, 2.75) is 18.6 Å². The molecule has 4 rings (SSSR count). The smallest absolute Gasteiger partial charge is 0.236 e. The van der Waals surface area contributed by atoms with E-state index in [4.69, 9.17) is 27.9 Å². The molecule has 0 aliphatic rings. The summed E-state index contributed by atoms with van der Waals surface area (Å²) in [6, 6.07) is 12.9. The highest BCUT2D eigenvalue weighted by Crippen LogP contribution is 2.32. The topological polar surface area (TPSA) is 81.9 Å². The van der Waals surface area contributed by atoms with Crippen LogP contribution in [-0.2, 0) is 11.3 Å². The van der Waals surface area contributed by atoms with Crippen LogP contribution in [0.2, 0.25) is 10.0 Å². The van der Waals surface area contributed by atoms with Crippen LogP contribution in [0.4, 0.5) is 5.13 Å². The van der Waals surface area contributed by atoms with Crippen molar-refractivity contribution in [3.63, 3.8) is 0 Å². The van der Waals surface area contributed by atoms with Gasteiger partial charge in [0.2, 0.25) is 5.91 Å². The van der Waals surface area contributed by atoms with Gasteiger partial charge in [-0.3, -0.25) is 4.79 Å². The predicted molar refractivity (Wildman–Crippen MR) is 135 cm³/mol. The van der Waals surface area contributed by atoms with E-state index in [9.17, 15) is 4.79 Å². The third-order valence-electron chi connectivity index (χ3n) is 4.65. The highest BCUT2D eigenvalue weighted by molar-refractivity contribution is 7.99. The maximum Gasteiger partial charge on any atom is 0.236 e. The normalized spacial score (nSPS) is 10.9. The van der Waals surface area contributed by atoms with E-state index in [0.29, 0.717) is 32.6 Å². The van der Waals surface area contributed by atoms with Gasteiger partial charge >= 0.3 is 0 Å². The van der Waals surface area contributed by atoms with Crippen molar-refractivity contribution in [2.24, 2.45) is 0 Å². The summed E-state index contributed by atoms with van der Waals surface area (Å²) in [5.74, 6) is 1.46. The predicted octanol–water partition coefficient (Wildman–Crippen LogP) is 6.13. The first kappa shape index (κ1) is 23.6. The first-order valence-corrected chi connectivity index (χ1v) is 12.5. The van der Waals surface area contributed by atoms with E-state index in [1.54, 1.807) is 25.3 Å². The van der Waals surface area contributed by atoms with Gasteiger partial charge in [-0.1, -0.05) is 47.1 Å². The summed E-state index contributed by atoms with van der Waals surface area (Å²) in [6.07, 6.45) is 0. The van der Waals surface area contributed by atoms with Crippen LogP contribution in [0.25, 0.3) is 22.6 Å². The lowest BCUT2D eigenvalue weighted by Crippen LogP contribution is -2.14. The average molecular weight is 520 g/mol. The zero-order chi connectivity index (χ0) is 23.4. The molecule has 0 unspecified atom stereocenters. The molecule has 0 fully saturated rings. The van der Waals surface area contributed by atoms with Gasteiger partial charge in [0.1, 0.15) is 5.75 Å². The van der Waals surface area contributed by atoms with Crippen LogP contribution >= 0.6 is 46.3 Å². The van der Waals surface area contributed by atoms with Gasteiger partial charge in [-0.25, -0.2) is 4.98 Å². The molecule has 7 nitrogen and oxygen atoms in total. The summed E-state index contributed by atoms with van der Waals surface area (Å²) in [4.78, 5) is 17.0. The van der Waals surface area contributed by atoms with E-state index in [1.807, 2.05) is 41.1 Å². The molecule has 33 heavy (non-hydrogen) atoms. The maximum absolute atomic E-state index is 12.5. The number of thioether (sulfide) groups is 1. The van der Waals surface area contributed by atoms with Crippen LogP contribution in [-0.4, -0.2) is 38.5 Å². The number of nitrogens with one attached hydrogen (secondary N) is 1. The Kier molecular flexibility index (Phi) is 7.54. The molecule has 2 aromatic carbocycles. The number of halogens is 2. The fourth-order valence-corrected chi connectivity index (χ4v) is 5.13. The summed E-state index contributed by atoms with van der Waals surface area (Å²) in [7, 11) is 1.62. The Morgan fingerprint density at radius 2 is 2.06 bits per heavy atom. The Bertz CT molecular complexity index is 1290. The van der Waals surface area contributed by atoms with E-state index in [0.717, 1.165) is 22.7 Å². The summed E-state index contributed by atoms with van der Waals surface area (Å²) in [6.45, 7) is 2.68. The van der Waals surface area contributed by atoms with Gasteiger partial charge < -0.3 is 14.6 Å². The summed E-state index contributed by atoms with van der Waals surface area (Å²) in [5.41, 5.74) is 2.34. The fraction of sp³-hybridized carbons (Fsp3) is 0.182. The second-order valence-corrected chi connectivity index (χ2v) is 9.43. The number of amides is 1. The number of thiazole rings is 1. The minimum atomic E-state index is -0.184. The van der Waals surface area contributed by atoms with Gasteiger partial charge in [-0.15, -0.1) is 21.5 Å². The quantitative estimate of drug-likeness (QED) is 0.281. The first-order chi connectivity index (χ1) is 16.0. The first-order valence-electron chi connectivity index (χ1n) is 9.89. The van der Waals surface area contributed by atoms with Crippen LogP contribution in [0.15, 0.2) is 53.0 Å². The molecule has 0 spiro atoms. The molecule has 0 saturated carbocycles. The number of anilines is 1. The van der Waals surface area contributed by atoms with Gasteiger partial charge in [-0.05, 0) is 37.3 Å².